The van der Waals surface area contributed by atoms with Gasteiger partial charge in [0.2, 0.25) is 21.9 Å². The largest absolute Gasteiger partial charge is 0.324 e. The van der Waals surface area contributed by atoms with E-state index in [-0.39, 0.29) is 22.2 Å². The summed E-state index contributed by atoms with van der Waals surface area (Å²) in [6.45, 7) is 6.61. The summed E-state index contributed by atoms with van der Waals surface area (Å²) in [5.41, 5.74) is 2.42. The Bertz CT molecular complexity index is 1490. The summed E-state index contributed by atoms with van der Waals surface area (Å²) in [4.78, 5) is 21.0. The molecule has 1 heterocycles. The standard InChI is InChI=1S/C23H26ClN5O5S2/c1-14-6-7-18(24)13-21(14)29(35(5,31)32)17(4)22(30)27-19-8-10-20(11-9-19)36(33,34)28-23-25-15(2)12-16(3)26-23/h6-13,17H,1-5H3,(H,27,30)(H,25,26,28)/t17-/m0/s1. The topological polar surface area (TPSA) is 138 Å². The van der Waals surface area contributed by atoms with E-state index >= 15 is 0 Å². The number of aromatic nitrogens is 2. The Morgan fingerprint density at radius 1 is 0.944 bits per heavy atom. The fraction of sp³-hybridized carbons (Fsp3) is 0.261. The van der Waals surface area contributed by atoms with Crippen molar-refractivity contribution in [3.05, 3.63) is 70.5 Å². The summed E-state index contributed by atoms with van der Waals surface area (Å²) >= 11 is 6.06. The van der Waals surface area contributed by atoms with Gasteiger partial charge in [0.15, 0.2) is 0 Å². The summed E-state index contributed by atoms with van der Waals surface area (Å²) in [7, 11) is -7.82. The molecule has 0 spiro atoms. The van der Waals surface area contributed by atoms with E-state index < -0.39 is 32.0 Å². The van der Waals surface area contributed by atoms with Gasteiger partial charge in [-0.25, -0.2) is 31.5 Å². The number of carbonyl (C=O) groups excluding carboxylic acids is 1. The predicted molar refractivity (Wildman–Crippen MR) is 140 cm³/mol. The molecule has 1 aromatic heterocycles. The number of amides is 1. The van der Waals surface area contributed by atoms with Gasteiger partial charge < -0.3 is 5.32 Å². The zero-order valence-electron chi connectivity index (χ0n) is 20.3. The lowest BCUT2D eigenvalue weighted by Crippen LogP contribution is -2.45. The maximum absolute atomic E-state index is 13.0. The minimum absolute atomic E-state index is 0.0455. The third-order valence-corrected chi connectivity index (χ3v) is 7.94. The minimum atomic E-state index is -3.97. The molecule has 2 aromatic carbocycles. The van der Waals surface area contributed by atoms with Crippen LogP contribution in [-0.4, -0.2) is 45.0 Å². The molecule has 3 aromatic rings. The summed E-state index contributed by atoms with van der Waals surface area (Å²) < 4.78 is 53.9. The van der Waals surface area contributed by atoms with Crippen molar-refractivity contribution in [1.82, 2.24) is 9.97 Å². The molecule has 0 aliphatic heterocycles. The molecule has 13 heteroatoms. The molecule has 0 radical (unpaired) electrons. The molecule has 0 unspecified atom stereocenters. The molecule has 2 N–H and O–H groups in total. The highest BCUT2D eigenvalue weighted by atomic mass is 35.5. The number of nitrogens with one attached hydrogen (secondary N) is 2. The Morgan fingerprint density at radius 2 is 1.53 bits per heavy atom. The Hall–Kier alpha value is -3.22. The van der Waals surface area contributed by atoms with E-state index in [0.717, 1.165) is 10.6 Å². The van der Waals surface area contributed by atoms with Crippen LogP contribution in [0.15, 0.2) is 53.4 Å². The summed E-state index contributed by atoms with van der Waals surface area (Å²) in [6.07, 6.45) is 1.00. The number of anilines is 3. The van der Waals surface area contributed by atoms with E-state index in [2.05, 4.69) is 20.0 Å². The van der Waals surface area contributed by atoms with Gasteiger partial charge in [0, 0.05) is 22.1 Å². The highest BCUT2D eigenvalue weighted by Gasteiger charge is 2.30. The van der Waals surface area contributed by atoms with Gasteiger partial charge in [-0.2, -0.15) is 0 Å². The second-order valence-corrected chi connectivity index (χ2v) is 12.2. The fourth-order valence-corrected chi connectivity index (χ4v) is 5.85. The molecule has 0 aliphatic rings. The van der Waals surface area contributed by atoms with Gasteiger partial charge in [-0.15, -0.1) is 0 Å². The van der Waals surface area contributed by atoms with E-state index in [9.17, 15) is 21.6 Å². The van der Waals surface area contributed by atoms with Crippen molar-refractivity contribution in [2.24, 2.45) is 0 Å². The van der Waals surface area contributed by atoms with Crippen LogP contribution in [0.4, 0.5) is 17.3 Å². The maximum atomic E-state index is 13.0. The van der Waals surface area contributed by atoms with Crippen molar-refractivity contribution in [2.75, 3.05) is 20.6 Å². The van der Waals surface area contributed by atoms with Gasteiger partial charge in [-0.05, 0) is 75.7 Å². The summed E-state index contributed by atoms with van der Waals surface area (Å²) in [5, 5.41) is 2.95. The monoisotopic (exact) mass is 551 g/mol. The average Bonchev–Trinajstić information content (AvgIpc) is 2.74. The Labute approximate surface area is 215 Å². The number of nitrogens with zero attached hydrogens (tertiary/aromatic N) is 3. The molecule has 0 fully saturated rings. The number of carbonyl (C=O) groups is 1. The molecule has 192 valence electrons. The first-order valence-corrected chi connectivity index (χ1v) is 14.4. The van der Waals surface area contributed by atoms with Crippen molar-refractivity contribution < 1.29 is 21.6 Å². The van der Waals surface area contributed by atoms with Gasteiger partial charge in [-0.3, -0.25) is 9.10 Å². The van der Waals surface area contributed by atoms with Crippen molar-refractivity contribution in [1.29, 1.82) is 0 Å². The van der Waals surface area contributed by atoms with Crippen LogP contribution in [-0.2, 0) is 24.8 Å². The quantitative estimate of drug-likeness (QED) is 0.435. The van der Waals surface area contributed by atoms with Crippen LogP contribution >= 0.6 is 11.6 Å². The van der Waals surface area contributed by atoms with Crippen LogP contribution in [0.2, 0.25) is 5.02 Å². The fourth-order valence-electron chi connectivity index (χ4n) is 3.52. The normalized spacial score (nSPS) is 12.6. The zero-order valence-corrected chi connectivity index (χ0v) is 22.7. The Kier molecular flexibility index (Phi) is 7.91. The zero-order chi connectivity index (χ0) is 26.8. The van der Waals surface area contributed by atoms with Crippen LogP contribution in [0.1, 0.15) is 23.9 Å². The molecular formula is C23H26ClN5O5S2. The number of halogens is 1. The first-order chi connectivity index (χ1) is 16.7. The van der Waals surface area contributed by atoms with E-state index in [1.807, 2.05) is 0 Å². The Balaban J connectivity index is 1.80. The van der Waals surface area contributed by atoms with Crippen molar-refractivity contribution in [3.63, 3.8) is 0 Å². The Morgan fingerprint density at radius 3 is 2.08 bits per heavy atom. The number of hydrogen-bond acceptors (Lipinski definition) is 7. The lowest BCUT2D eigenvalue weighted by atomic mass is 10.1. The highest BCUT2D eigenvalue weighted by molar-refractivity contribution is 7.92. The molecule has 0 saturated carbocycles. The van der Waals surface area contributed by atoms with Gasteiger partial charge >= 0.3 is 0 Å². The molecule has 36 heavy (non-hydrogen) atoms. The lowest BCUT2D eigenvalue weighted by molar-refractivity contribution is -0.116. The van der Waals surface area contributed by atoms with E-state index in [1.54, 1.807) is 39.0 Å². The molecule has 10 nitrogen and oxygen atoms in total. The van der Waals surface area contributed by atoms with E-state index in [1.165, 1.54) is 37.3 Å². The number of rotatable bonds is 8. The highest BCUT2D eigenvalue weighted by Crippen LogP contribution is 2.28. The molecule has 0 bridgehead atoms. The third-order valence-electron chi connectivity index (χ3n) is 5.14. The van der Waals surface area contributed by atoms with Crippen LogP contribution < -0.4 is 14.3 Å². The average molecular weight is 552 g/mol. The van der Waals surface area contributed by atoms with Crippen LogP contribution in [0, 0.1) is 20.8 Å². The molecule has 1 amide bonds. The molecule has 3 rings (SSSR count). The van der Waals surface area contributed by atoms with E-state index in [4.69, 9.17) is 11.6 Å². The maximum Gasteiger partial charge on any atom is 0.264 e. The van der Waals surface area contributed by atoms with Crippen LogP contribution in [0.25, 0.3) is 0 Å². The second-order valence-electron chi connectivity index (χ2n) is 8.26. The van der Waals surface area contributed by atoms with Gasteiger partial charge in [0.25, 0.3) is 10.0 Å². The minimum Gasteiger partial charge on any atom is -0.324 e. The summed E-state index contributed by atoms with van der Waals surface area (Å²) in [5.74, 6) is -0.659. The smallest absolute Gasteiger partial charge is 0.264 e. The van der Waals surface area contributed by atoms with Crippen LogP contribution in [0.5, 0.6) is 0 Å². The first kappa shape index (κ1) is 27.4. The molecule has 0 saturated heterocycles. The number of sulfonamides is 2. The van der Waals surface area contributed by atoms with Crippen molar-refractivity contribution in [3.8, 4) is 0 Å². The van der Waals surface area contributed by atoms with Crippen molar-refractivity contribution in [2.45, 2.75) is 38.6 Å². The third kappa shape index (κ3) is 6.50. The lowest BCUT2D eigenvalue weighted by Gasteiger charge is -2.29. The molecular weight excluding hydrogens is 526 g/mol. The molecule has 1 atom stereocenters. The second kappa shape index (κ2) is 10.4. The van der Waals surface area contributed by atoms with Crippen LogP contribution in [0.3, 0.4) is 0 Å². The SMILES string of the molecule is Cc1cc(C)nc(NS(=O)(=O)c2ccc(NC(=O)[C@H](C)N(c3cc(Cl)ccc3C)S(C)(=O)=O)cc2)n1. The van der Waals surface area contributed by atoms with Gasteiger partial charge in [-0.1, -0.05) is 17.7 Å². The van der Waals surface area contributed by atoms with Gasteiger partial charge in [0.1, 0.15) is 6.04 Å². The summed E-state index contributed by atoms with van der Waals surface area (Å²) in [6, 6.07) is 10.8. The number of benzene rings is 2. The van der Waals surface area contributed by atoms with Crippen molar-refractivity contribution >= 4 is 54.9 Å². The molecule has 0 aliphatic carbocycles. The number of hydrogen-bond donors (Lipinski definition) is 2. The first-order valence-electron chi connectivity index (χ1n) is 10.7. The van der Waals surface area contributed by atoms with E-state index in [0.29, 0.717) is 22.0 Å². The van der Waals surface area contributed by atoms with Gasteiger partial charge in [0.05, 0.1) is 16.8 Å². The number of aryl methyl sites for hydroxylation is 3. The predicted octanol–water partition coefficient (Wildman–Crippen LogP) is 3.65.